The minimum absolute atomic E-state index is 0.0851. The van der Waals surface area contributed by atoms with Crippen LogP contribution in [0, 0.1) is 0 Å². The molecule has 0 spiro atoms. The summed E-state index contributed by atoms with van der Waals surface area (Å²) in [7, 11) is 0. The molecule has 19 heavy (non-hydrogen) atoms. The van der Waals surface area contributed by atoms with Crippen molar-refractivity contribution in [3.63, 3.8) is 0 Å². The van der Waals surface area contributed by atoms with Crippen molar-refractivity contribution in [1.82, 2.24) is 10.6 Å². The normalized spacial score (nSPS) is 17.8. The van der Waals surface area contributed by atoms with Crippen molar-refractivity contribution in [3.05, 3.63) is 29.3 Å². The van der Waals surface area contributed by atoms with Crippen LogP contribution >= 0.6 is 0 Å². The van der Waals surface area contributed by atoms with E-state index in [1.165, 1.54) is 11.1 Å². The van der Waals surface area contributed by atoms with Crippen LogP contribution in [0.5, 0.6) is 5.75 Å². The van der Waals surface area contributed by atoms with Gasteiger partial charge in [0.15, 0.2) is 0 Å². The van der Waals surface area contributed by atoms with E-state index in [-0.39, 0.29) is 11.9 Å². The van der Waals surface area contributed by atoms with Gasteiger partial charge in [0.2, 0.25) is 5.91 Å². The first-order valence-corrected chi connectivity index (χ1v) is 7.02. The fourth-order valence-corrected chi connectivity index (χ4v) is 2.64. The summed E-state index contributed by atoms with van der Waals surface area (Å²) in [5.74, 6) is 0.401. The number of hydrogen-bond acceptors (Lipinski definition) is 3. The molecule has 0 heterocycles. The molecule has 0 fully saturated rings. The molecule has 1 atom stereocenters. The van der Waals surface area contributed by atoms with Gasteiger partial charge in [-0.25, -0.2) is 0 Å². The molecular weight excluding hydrogens is 240 g/mol. The average molecular weight is 262 g/mol. The lowest BCUT2D eigenvalue weighted by Gasteiger charge is -2.26. The monoisotopic (exact) mass is 262 g/mol. The molecule has 1 aromatic carbocycles. The van der Waals surface area contributed by atoms with Crippen molar-refractivity contribution in [1.29, 1.82) is 0 Å². The van der Waals surface area contributed by atoms with Crippen LogP contribution < -0.4 is 10.6 Å². The molecule has 4 heteroatoms. The fourth-order valence-electron chi connectivity index (χ4n) is 2.64. The van der Waals surface area contributed by atoms with Gasteiger partial charge in [-0.05, 0) is 49.4 Å². The Bertz CT molecular complexity index is 446. The topological polar surface area (TPSA) is 61.4 Å². The maximum atomic E-state index is 11.4. The molecule has 1 amide bonds. The highest BCUT2D eigenvalue weighted by Crippen LogP contribution is 2.31. The van der Waals surface area contributed by atoms with E-state index in [2.05, 4.69) is 10.6 Å². The number of phenols is 1. The van der Waals surface area contributed by atoms with Crippen molar-refractivity contribution in [2.75, 3.05) is 13.1 Å². The van der Waals surface area contributed by atoms with Crippen LogP contribution in [0.4, 0.5) is 0 Å². The van der Waals surface area contributed by atoms with Crippen LogP contribution in [-0.2, 0) is 11.2 Å². The second-order valence-corrected chi connectivity index (χ2v) is 4.99. The molecule has 4 nitrogen and oxygen atoms in total. The van der Waals surface area contributed by atoms with Crippen LogP contribution in [0.15, 0.2) is 18.2 Å². The molecule has 0 radical (unpaired) electrons. The lowest BCUT2D eigenvalue weighted by Crippen LogP contribution is -2.30. The molecule has 0 bridgehead atoms. The maximum Gasteiger partial charge on any atom is 0.221 e. The Morgan fingerprint density at radius 2 is 2.32 bits per heavy atom. The van der Waals surface area contributed by atoms with E-state index in [1.807, 2.05) is 19.1 Å². The summed E-state index contributed by atoms with van der Waals surface area (Å²) in [6.07, 6.45) is 3.78. The van der Waals surface area contributed by atoms with E-state index < -0.39 is 0 Å². The molecule has 0 saturated carbocycles. The number of fused-ring (bicyclic) bond motifs is 1. The highest BCUT2D eigenvalue weighted by atomic mass is 16.3. The second-order valence-electron chi connectivity index (χ2n) is 4.99. The summed E-state index contributed by atoms with van der Waals surface area (Å²) < 4.78 is 0. The summed E-state index contributed by atoms with van der Waals surface area (Å²) in [6.45, 7) is 3.27. The largest absolute Gasteiger partial charge is 0.508 e. The molecule has 3 N–H and O–H groups in total. The van der Waals surface area contributed by atoms with E-state index in [9.17, 15) is 9.90 Å². The first-order valence-electron chi connectivity index (χ1n) is 7.02. The van der Waals surface area contributed by atoms with Crippen LogP contribution in [0.2, 0.25) is 0 Å². The van der Waals surface area contributed by atoms with E-state index in [4.69, 9.17) is 0 Å². The van der Waals surface area contributed by atoms with Gasteiger partial charge in [0.1, 0.15) is 5.75 Å². The van der Waals surface area contributed by atoms with E-state index >= 15 is 0 Å². The van der Waals surface area contributed by atoms with Gasteiger partial charge < -0.3 is 15.7 Å². The number of aryl methyl sites for hydroxylation is 1. The Labute approximate surface area is 114 Å². The summed E-state index contributed by atoms with van der Waals surface area (Å²) in [5, 5.41) is 15.8. The first kappa shape index (κ1) is 13.9. The van der Waals surface area contributed by atoms with Crippen molar-refractivity contribution in [2.45, 2.75) is 38.6 Å². The molecule has 1 aromatic rings. The third-order valence-electron chi connectivity index (χ3n) is 3.56. The third kappa shape index (κ3) is 3.70. The van der Waals surface area contributed by atoms with Gasteiger partial charge in [0.05, 0.1) is 0 Å². The first-order chi connectivity index (χ1) is 9.20. The predicted molar refractivity (Wildman–Crippen MR) is 75.1 cm³/mol. The van der Waals surface area contributed by atoms with Gasteiger partial charge in [-0.2, -0.15) is 0 Å². The summed E-state index contributed by atoms with van der Waals surface area (Å²) in [4.78, 5) is 11.4. The molecule has 0 aromatic heterocycles. The van der Waals surface area contributed by atoms with Gasteiger partial charge in [0.25, 0.3) is 0 Å². The highest BCUT2D eigenvalue weighted by molar-refractivity contribution is 5.75. The number of hydrogen-bond donors (Lipinski definition) is 3. The van der Waals surface area contributed by atoms with E-state index in [0.29, 0.717) is 25.3 Å². The molecule has 0 saturated heterocycles. The van der Waals surface area contributed by atoms with Crippen LogP contribution in [0.25, 0.3) is 0 Å². The maximum absolute atomic E-state index is 11.4. The zero-order valence-corrected chi connectivity index (χ0v) is 11.4. The Kier molecular flexibility index (Phi) is 4.80. The SMILES string of the molecule is CCNC(=O)CCNC1CCCc2ccc(O)cc21. The predicted octanol–water partition coefficient (Wildman–Crippen LogP) is 1.89. The van der Waals surface area contributed by atoms with E-state index in [0.717, 1.165) is 19.3 Å². The molecule has 1 unspecified atom stereocenters. The number of carbonyl (C=O) groups excluding carboxylic acids is 1. The zero-order valence-electron chi connectivity index (χ0n) is 11.4. The number of nitrogens with one attached hydrogen (secondary N) is 2. The summed E-state index contributed by atoms with van der Waals surface area (Å²) >= 11 is 0. The van der Waals surface area contributed by atoms with Crippen LogP contribution in [0.1, 0.15) is 43.4 Å². The standard InChI is InChI=1S/C15H22N2O2/c1-2-16-15(19)8-9-17-14-5-3-4-11-6-7-12(18)10-13(11)14/h6-7,10,14,17-18H,2-5,8-9H2,1H3,(H,16,19). The van der Waals surface area contributed by atoms with Crippen LogP contribution in [-0.4, -0.2) is 24.1 Å². The highest BCUT2D eigenvalue weighted by Gasteiger charge is 2.20. The minimum atomic E-state index is 0.0851. The van der Waals surface area contributed by atoms with E-state index in [1.54, 1.807) is 6.07 Å². The number of benzene rings is 1. The van der Waals surface area contributed by atoms with Crippen molar-refractivity contribution < 1.29 is 9.90 Å². The molecular formula is C15H22N2O2. The van der Waals surface area contributed by atoms with Crippen molar-refractivity contribution >= 4 is 5.91 Å². The molecule has 1 aliphatic carbocycles. The second kappa shape index (κ2) is 6.57. The molecule has 104 valence electrons. The van der Waals surface area contributed by atoms with Crippen LogP contribution in [0.3, 0.4) is 0 Å². The summed E-state index contributed by atoms with van der Waals surface area (Å²) in [6, 6.07) is 5.85. The number of phenolic OH excluding ortho intramolecular Hbond substituents is 1. The van der Waals surface area contributed by atoms with Gasteiger partial charge >= 0.3 is 0 Å². The third-order valence-corrected chi connectivity index (χ3v) is 3.56. The number of aromatic hydroxyl groups is 1. The van der Waals surface area contributed by atoms with Crippen molar-refractivity contribution in [3.8, 4) is 5.75 Å². The number of amides is 1. The average Bonchev–Trinajstić information content (AvgIpc) is 2.39. The molecule has 0 aliphatic heterocycles. The number of carbonyl (C=O) groups is 1. The molecule has 1 aliphatic rings. The Hall–Kier alpha value is -1.55. The number of rotatable bonds is 5. The van der Waals surface area contributed by atoms with Gasteiger partial charge in [-0.1, -0.05) is 6.07 Å². The Balaban J connectivity index is 1.92. The Morgan fingerprint density at radius 3 is 3.11 bits per heavy atom. The minimum Gasteiger partial charge on any atom is -0.508 e. The Morgan fingerprint density at radius 1 is 1.47 bits per heavy atom. The van der Waals surface area contributed by atoms with Gasteiger partial charge in [0, 0.05) is 25.6 Å². The summed E-state index contributed by atoms with van der Waals surface area (Å²) in [5.41, 5.74) is 2.49. The quantitative estimate of drug-likeness (QED) is 0.759. The van der Waals surface area contributed by atoms with Crippen molar-refractivity contribution in [2.24, 2.45) is 0 Å². The van der Waals surface area contributed by atoms with Gasteiger partial charge in [-0.15, -0.1) is 0 Å². The molecule has 2 rings (SSSR count). The fraction of sp³-hybridized carbons (Fsp3) is 0.533. The lowest BCUT2D eigenvalue weighted by molar-refractivity contribution is -0.120. The van der Waals surface area contributed by atoms with Gasteiger partial charge in [-0.3, -0.25) is 4.79 Å². The smallest absolute Gasteiger partial charge is 0.221 e. The lowest BCUT2D eigenvalue weighted by atomic mass is 9.87. The zero-order chi connectivity index (χ0) is 13.7.